The molecule has 0 aliphatic rings. The van der Waals surface area contributed by atoms with Gasteiger partial charge in [-0.2, -0.15) is 0 Å². The highest BCUT2D eigenvalue weighted by Crippen LogP contribution is 2.24. The number of hydrogen-bond donors (Lipinski definition) is 3. The van der Waals surface area contributed by atoms with Crippen LogP contribution in [-0.2, 0) is 6.42 Å². The van der Waals surface area contributed by atoms with E-state index in [9.17, 15) is 9.90 Å². The van der Waals surface area contributed by atoms with Gasteiger partial charge < -0.3 is 20.1 Å². The second-order valence-electron chi connectivity index (χ2n) is 8.67. The summed E-state index contributed by atoms with van der Waals surface area (Å²) in [5.41, 5.74) is 3.72. The third-order valence-electron chi connectivity index (χ3n) is 5.55. The Kier molecular flexibility index (Phi) is 8.22. The first-order chi connectivity index (χ1) is 17.3. The molecule has 0 saturated heterocycles. The van der Waals surface area contributed by atoms with Crippen molar-refractivity contribution in [3.63, 3.8) is 0 Å². The van der Waals surface area contributed by atoms with Crippen molar-refractivity contribution in [2.45, 2.75) is 32.4 Å². The number of fused-ring (bicyclic) bond motifs is 1. The summed E-state index contributed by atoms with van der Waals surface area (Å²) in [6.07, 6.45) is 2.26. The van der Waals surface area contributed by atoms with Crippen LogP contribution in [0.1, 0.15) is 40.9 Å². The van der Waals surface area contributed by atoms with Gasteiger partial charge in [0.1, 0.15) is 5.75 Å². The number of aromatic amines is 1. The quantitative estimate of drug-likeness (QED) is 0.262. The van der Waals surface area contributed by atoms with E-state index in [4.69, 9.17) is 27.9 Å². The molecule has 1 amide bonds. The number of carbonyl (C=O) groups excluding carboxylic acids is 1. The van der Waals surface area contributed by atoms with Crippen LogP contribution in [-0.4, -0.2) is 34.8 Å². The van der Waals surface area contributed by atoms with E-state index in [1.54, 1.807) is 36.4 Å². The molecule has 0 saturated carbocycles. The number of benzene rings is 3. The summed E-state index contributed by atoms with van der Waals surface area (Å²) in [7, 11) is 0. The average molecular weight is 521 g/mol. The second kappa shape index (κ2) is 11.5. The molecule has 0 radical (unpaired) electrons. The molecule has 0 spiro atoms. The van der Waals surface area contributed by atoms with Crippen molar-refractivity contribution in [2.75, 3.05) is 6.61 Å². The van der Waals surface area contributed by atoms with Gasteiger partial charge in [0, 0.05) is 28.2 Å². The van der Waals surface area contributed by atoms with Gasteiger partial charge in [-0.15, -0.1) is 0 Å². The summed E-state index contributed by atoms with van der Waals surface area (Å²) < 4.78 is 5.88. The number of aliphatic hydroxyl groups excluding tert-OH is 1. The average Bonchev–Trinajstić information content (AvgIpc) is 3.27. The first-order valence-corrected chi connectivity index (χ1v) is 12.3. The van der Waals surface area contributed by atoms with Crippen molar-refractivity contribution in [1.82, 2.24) is 10.3 Å². The summed E-state index contributed by atoms with van der Waals surface area (Å²) in [5, 5.41) is 14.9. The highest BCUT2D eigenvalue weighted by molar-refractivity contribution is 6.42. The summed E-state index contributed by atoms with van der Waals surface area (Å²) in [6.45, 7) is 3.59. The van der Waals surface area contributed by atoms with Gasteiger partial charge >= 0.3 is 0 Å². The summed E-state index contributed by atoms with van der Waals surface area (Å²) in [4.78, 5) is 16.6. The van der Waals surface area contributed by atoms with Crippen LogP contribution in [0, 0.1) is 11.8 Å². The Balaban J connectivity index is 1.58. The van der Waals surface area contributed by atoms with E-state index < -0.39 is 6.04 Å². The van der Waals surface area contributed by atoms with Gasteiger partial charge in [-0.3, -0.25) is 4.79 Å². The van der Waals surface area contributed by atoms with Crippen molar-refractivity contribution < 1.29 is 14.6 Å². The van der Waals surface area contributed by atoms with Gasteiger partial charge in [0.15, 0.2) is 0 Å². The lowest BCUT2D eigenvalue weighted by atomic mass is 10.0. The topological polar surface area (TPSA) is 74.3 Å². The van der Waals surface area contributed by atoms with Gasteiger partial charge in [-0.1, -0.05) is 53.2 Å². The lowest BCUT2D eigenvalue weighted by Gasteiger charge is -2.19. The van der Waals surface area contributed by atoms with Crippen LogP contribution in [0.5, 0.6) is 5.75 Å². The number of carbonyl (C=O) groups is 1. The van der Waals surface area contributed by atoms with Crippen LogP contribution < -0.4 is 10.1 Å². The third-order valence-corrected chi connectivity index (χ3v) is 6.29. The summed E-state index contributed by atoms with van der Waals surface area (Å²) in [5.74, 6) is 6.22. The lowest BCUT2D eigenvalue weighted by Crippen LogP contribution is -2.39. The molecule has 0 fully saturated rings. The molecule has 184 valence electrons. The number of hydrogen-bond acceptors (Lipinski definition) is 3. The number of halogens is 2. The zero-order chi connectivity index (χ0) is 25.7. The molecule has 3 N–H and O–H groups in total. The summed E-state index contributed by atoms with van der Waals surface area (Å²) >= 11 is 12.1. The number of aromatic nitrogens is 1. The van der Waals surface area contributed by atoms with Crippen molar-refractivity contribution in [3.05, 3.63) is 99.2 Å². The molecular weight excluding hydrogens is 495 g/mol. The molecule has 3 aromatic carbocycles. The van der Waals surface area contributed by atoms with Gasteiger partial charge in [0.2, 0.25) is 0 Å². The maximum Gasteiger partial charge on any atom is 0.255 e. The van der Waals surface area contributed by atoms with Crippen LogP contribution in [0.3, 0.4) is 0 Å². The van der Waals surface area contributed by atoms with Gasteiger partial charge in [-0.25, -0.2) is 0 Å². The molecule has 0 unspecified atom stereocenters. The highest BCUT2D eigenvalue weighted by atomic mass is 35.5. The van der Waals surface area contributed by atoms with E-state index in [-0.39, 0.29) is 18.6 Å². The van der Waals surface area contributed by atoms with E-state index in [1.165, 1.54) is 0 Å². The molecule has 1 atom stereocenters. The van der Waals surface area contributed by atoms with Crippen LogP contribution >= 0.6 is 23.2 Å². The minimum atomic E-state index is -0.477. The molecule has 1 aromatic heterocycles. The molecule has 0 bridgehead atoms. The van der Waals surface area contributed by atoms with Gasteiger partial charge in [-0.05, 0) is 68.3 Å². The predicted molar refractivity (Wildman–Crippen MR) is 145 cm³/mol. The largest absolute Gasteiger partial charge is 0.490 e. The van der Waals surface area contributed by atoms with Crippen molar-refractivity contribution in [3.8, 4) is 17.6 Å². The smallest absolute Gasteiger partial charge is 0.255 e. The molecule has 4 aromatic rings. The molecule has 0 aliphatic carbocycles. The fourth-order valence-corrected chi connectivity index (χ4v) is 4.15. The van der Waals surface area contributed by atoms with Gasteiger partial charge in [0.25, 0.3) is 5.91 Å². The van der Waals surface area contributed by atoms with E-state index in [1.807, 2.05) is 44.3 Å². The molecule has 4 rings (SSSR count). The Morgan fingerprint density at radius 1 is 1.03 bits per heavy atom. The second-order valence-corrected chi connectivity index (χ2v) is 9.49. The van der Waals surface area contributed by atoms with Crippen LogP contribution in [0.15, 0.2) is 66.9 Å². The minimum Gasteiger partial charge on any atom is -0.490 e. The highest BCUT2D eigenvalue weighted by Gasteiger charge is 2.19. The fraction of sp³-hybridized carbons (Fsp3) is 0.207. The van der Waals surface area contributed by atoms with Crippen LogP contribution in [0.2, 0.25) is 10.0 Å². The number of aliphatic hydroxyl groups is 1. The fourth-order valence-electron chi connectivity index (χ4n) is 3.85. The number of amides is 1. The van der Waals surface area contributed by atoms with Crippen molar-refractivity contribution in [1.29, 1.82) is 0 Å². The van der Waals surface area contributed by atoms with E-state index in [0.29, 0.717) is 38.9 Å². The predicted octanol–water partition coefficient (Wildman–Crippen LogP) is 6.00. The maximum absolute atomic E-state index is 13.3. The standard InChI is InChI=1S/C29H26Cl2N2O3/c1-18(2)36-28-12-10-19(7-8-20-9-11-25(30)26(31)14-20)13-24(28)29(35)33-22(17-34)15-21-16-32-27-6-4-3-5-23(21)27/h3-6,9-14,16,18,22,32,34H,15,17H2,1-2H3,(H,33,35)/t22-/m1/s1. The lowest BCUT2D eigenvalue weighted by molar-refractivity contribution is 0.0910. The molecule has 36 heavy (non-hydrogen) atoms. The van der Waals surface area contributed by atoms with Crippen LogP contribution in [0.25, 0.3) is 10.9 Å². The molecule has 0 aliphatic heterocycles. The first-order valence-electron chi connectivity index (χ1n) is 11.6. The van der Waals surface area contributed by atoms with Crippen LogP contribution in [0.4, 0.5) is 0 Å². The van der Waals surface area contributed by atoms with Crippen molar-refractivity contribution >= 4 is 40.0 Å². The Bertz CT molecular complexity index is 1450. The Hall–Kier alpha value is -3.43. The molecule has 5 nitrogen and oxygen atoms in total. The Morgan fingerprint density at radius 3 is 2.47 bits per heavy atom. The normalized spacial score (nSPS) is 11.7. The number of H-pyrrole nitrogens is 1. The number of nitrogens with one attached hydrogen (secondary N) is 2. The zero-order valence-electron chi connectivity index (χ0n) is 19.9. The Morgan fingerprint density at radius 2 is 1.75 bits per heavy atom. The SMILES string of the molecule is CC(C)Oc1ccc(C#Cc2ccc(Cl)c(Cl)c2)cc1C(=O)N[C@@H](CO)Cc1c[nH]c2ccccc12. The van der Waals surface area contributed by atoms with E-state index >= 15 is 0 Å². The maximum atomic E-state index is 13.3. The monoisotopic (exact) mass is 520 g/mol. The first kappa shape index (κ1) is 25.7. The third kappa shape index (κ3) is 6.22. The summed E-state index contributed by atoms with van der Waals surface area (Å²) in [6, 6.07) is 17.8. The Labute approximate surface area is 220 Å². The zero-order valence-corrected chi connectivity index (χ0v) is 21.5. The van der Waals surface area contributed by atoms with E-state index in [2.05, 4.69) is 22.1 Å². The van der Waals surface area contributed by atoms with Gasteiger partial charge in [0.05, 0.1) is 34.4 Å². The molecular formula is C29H26Cl2N2O3. The van der Waals surface area contributed by atoms with E-state index in [0.717, 1.165) is 16.5 Å². The number of rotatable bonds is 7. The number of ether oxygens (including phenoxy) is 1. The van der Waals surface area contributed by atoms with Crippen molar-refractivity contribution in [2.24, 2.45) is 0 Å². The molecule has 7 heteroatoms. The molecule has 1 heterocycles. The minimum absolute atomic E-state index is 0.121. The number of para-hydroxylation sites is 1.